The van der Waals surface area contributed by atoms with Crippen LogP contribution in [0.3, 0.4) is 0 Å². The molecule has 2 aromatic rings. The maximum absolute atomic E-state index is 12.8. The summed E-state index contributed by atoms with van der Waals surface area (Å²) in [4.78, 5) is 27.3. The first kappa shape index (κ1) is 18.0. The van der Waals surface area contributed by atoms with Crippen molar-refractivity contribution in [3.63, 3.8) is 0 Å². The molecule has 142 valence electrons. The summed E-state index contributed by atoms with van der Waals surface area (Å²) in [6.07, 6.45) is 3.71. The third kappa shape index (κ3) is 3.86. The number of rotatable bonds is 4. The van der Waals surface area contributed by atoms with E-state index in [0.29, 0.717) is 41.0 Å². The standard InChI is InChI=1S/C20H22ClN3O3/c1-12-17(18(27-23-12)13-4-5-13)22-19(25)15-3-2-10-24(11-15)20(26)14-6-8-16(21)9-7-14/h6-9,13,15H,2-5,10-11H2,1H3,(H,22,25)/t15-/m1/s1. The van der Waals surface area contributed by atoms with Gasteiger partial charge in [0.05, 0.1) is 5.92 Å². The van der Waals surface area contributed by atoms with Crippen LogP contribution in [0.2, 0.25) is 5.02 Å². The number of halogens is 1. The Morgan fingerprint density at radius 1 is 1.22 bits per heavy atom. The van der Waals surface area contributed by atoms with E-state index in [4.69, 9.17) is 16.1 Å². The highest BCUT2D eigenvalue weighted by Crippen LogP contribution is 2.44. The van der Waals surface area contributed by atoms with Gasteiger partial charge in [0, 0.05) is 29.6 Å². The molecule has 2 heterocycles. The van der Waals surface area contributed by atoms with Gasteiger partial charge in [0.25, 0.3) is 5.91 Å². The van der Waals surface area contributed by atoms with Crippen LogP contribution in [0.25, 0.3) is 0 Å². The highest BCUT2D eigenvalue weighted by Gasteiger charge is 2.34. The smallest absolute Gasteiger partial charge is 0.253 e. The van der Waals surface area contributed by atoms with Crippen molar-refractivity contribution < 1.29 is 14.1 Å². The van der Waals surface area contributed by atoms with Crippen molar-refractivity contribution >= 4 is 29.1 Å². The van der Waals surface area contributed by atoms with Gasteiger partial charge in [-0.1, -0.05) is 16.8 Å². The topological polar surface area (TPSA) is 75.4 Å². The number of nitrogens with zero attached hydrogens (tertiary/aromatic N) is 2. The van der Waals surface area contributed by atoms with Crippen LogP contribution in [0.4, 0.5) is 5.69 Å². The van der Waals surface area contributed by atoms with Gasteiger partial charge in [-0.25, -0.2) is 0 Å². The van der Waals surface area contributed by atoms with Gasteiger partial charge in [0.2, 0.25) is 5.91 Å². The quantitative estimate of drug-likeness (QED) is 0.860. The SMILES string of the molecule is Cc1noc(C2CC2)c1NC(=O)[C@@H]1CCCN(C(=O)c2ccc(Cl)cc2)C1. The van der Waals surface area contributed by atoms with Crippen LogP contribution >= 0.6 is 11.6 Å². The van der Waals surface area contributed by atoms with E-state index in [1.807, 2.05) is 6.92 Å². The average molecular weight is 388 g/mol. The van der Waals surface area contributed by atoms with Crippen molar-refractivity contribution in [1.29, 1.82) is 0 Å². The molecule has 0 unspecified atom stereocenters. The summed E-state index contributed by atoms with van der Waals surface area (Å²) in [6, 6.07) is 6.85. The second-order valence-corrected chi connectivity index (χ2v) is 7.80. The minimum atomic E-state index is -0.239. The van der Waals surface area contributed by atoms with E-state index in [2.05, 4.69) is 10.5 Å². The van der Waals surface area contributed by atoms with Crippen molar-refractivity contribution in [3.8, 4) is 0 Å². The van der Waals surface area contributed by atoms with Crippen molar-refractivity contribution in [2.45, 2.75) is 38.5 Å². The Balaban J connectivity index is 1.43. The maximum atomic E-state index is 12.8. The molecule has 6 nitrogen and oxygen atoms in total. The molecule has 27 heavy (non-hydrogen) atoms. The number of anilines is 1. The summed E-state index contributed by atoms with van der Waals surface area (Å²) in [5, 5.41) is 7.60. The average Bonchev–Trinajstić information content (AvgIpc) is 3.46. The van der Waals surface area contributed by atoms with Gasteiger partial charge in [-0.05, 0) is 56.9 Å². The zero-order chi connectivity index (χ0) is 19.0. The van der Waals surface area contributed by atoms with Gasteiger partial charge in [0.1, 0.15) is 11.4 Å². The molecule has 0 bridgehead atoms. The molecule has 2 amide bonds. The van der Waals surface area contributed by atoms with Gasteiger partial charge in [-0.3, -0.25) is 9.59 Å². The summed E-state index contributed by atoms with van der Waals surface area (Å²) in [7, 11) is 0. The molecule has 1 atom stereocenters. The lowest BCUT2D eigenvalue weighted by Crippen LogP contribution is -2.43. The van der Waals surface area contributed by atoms with Crippen LogP contribution in [-0.4, -0.2) is 35.0 Å². The van der Waals surface area contributed by atoms with Gasteiger partial charge < -0.3 is 14.7 Å². The molecule has 1 saturated heterocycles. The highest BCUT2D eigenvalue weighted by atomic mass is 35.5. The van der Waals surface area contributed by atoms with Crippen LogP contribution in [0.5, 0.6) is 0 Å². The number of carbonyl (C=O) groups is 2. The number of carbonyl (C=O) groups excluding carboxylic acids is 2. The van der Waals surface area contributed by atoms with Crippen molar-refractivity contribution in [1.82, 2.24) is 10.1 Å². The number of hydrogen-bond acceptors (Lipinski definition) is 4. The molecular weight excluding hydrogens is 366 g/mol. The van der Waals surface area contributed by atoms with Crippen LogP contribution in [0.15, 0.2) is 28.8 Å². The maximum Gasteiger partial charge on any atom is 0.253 e. The fraction of sp³-hybridized carbons (Fsp3) is 0.450. The molecule has 1 N–H and O–H groups in total. The van der Waals surface area contributed by atoms with Crippen LogP contribution < -0.4 is 5.32 Å². The van der Waals surface area contributed by atoms with Gasteiger partial charge in [0.15, 0.2) is 5.76 Å². The molecule has 2 fully saturated rings. The number of amides is 2. The third-order valence-corrected chi connectivity index (χ3v) is 5.51. The number of aromatic nitrogens is 1. The molecule has 2 aliphatic rings. The van der Waals surface area contributed by atoms with Gasteiger partial charge >= 0.3 is 0 Å². The Kier molecular flexibility index (Phi) is 4.91. The Morgan fingerprint density at radius 3 is 2.67 bits per heavy atom. The first-order valence-corrected chi connectivity index (χ1v) is 9.72. The fourth-order valence-electron chi connectivity index (χ4n) is 3.54. The molecule has 1 saturated carbocycles. The second kappa shape index (κ2) is 7.35. The fourth-order valence-corrected chi connectivity index (χ4v) is 3.67. The summed E-state index contributed by atoms with van der Waals surface area (Å²) in [6.45, 7) is 2.91. The minimum Gasteiger partial charge on any atom is -0.359 e. The van der Waals surface area contributed by atoms with E-state index in [1.165, 1.54) is 0 Å². The summed E-state index contributed by atoms with van der Waals surface area (Å²) in [5.41, 5.74) is 2.00. The van der Waals surface area contributed by atoms with Gasteiger partial charge in [-0.15, -0.1) is 0 Å². The molecule has 0 spiro atoms. The van der Waals surface area contributed by atoms with Crippen molar-refractivity contribution in [2.75, 3.05) is 18.4 Å². The molecule has 1 aliphatic heterocycles. The van der Waals surface area contributed by atoms with E-state index in [9.17, 15) is 9.59 Å². The van der Waals surface area contributed by atoms with E-state index >= 15 is 0 Å². The first-order valence-electron chi connectivity index (χ1n) is 9.35. The monoisotopic (exact) mass is 387 g/mol. The van der Waals surface area contributed by atoms with E-state index in [0.717, 1.165) is 31.4 Å². The largest absolute Gasteiger partial charge is 0.359 e. The predicted octanol–water partition coefficient (Wildman–Crippen LogP) is 4.00. The zero-order valence-electron chi connectivity index (χ0n) is 15.2. The molecule has 4 rings (SSSR count). The molecule has 1 aromatic carbocycles. The van der Waals surface area contributed by atoms with Gasteiger partial charge in [-0.2, -0.15) is 0 Å². The molecular formula is C20H22ClN3O3. The number of benzene rings is 1. The van der Waals surface area contributed by atoms with E-state index in [1.54, 1.807) is 29.2 Å². The Labute approximate surface area is 162 Å². The van der Waals surface area contributed by atoms with Crippen LogP contribution in [-0.2, 0) is 4.79 Å². The normalized spacial score (nSPS) is 19.8. The molecule has 0 radical (unpaired) electrons. The van der Waals surface area contributed by atoms with Crippen molar-refractivity contribution in [3.05, 3.63) is 46.3 Å². The number of aryl methyl sites for hydroxylation is 1. The highest BCUT2D eigenvalue weighted by molar-refractivity contribution is 6.30. The molecule has 1 aliphatic carbocycles. The number of hydrogen-bond donors (Lipinski definition) is 1. The van der Waals surface area contributed by atoms with E-state index < -0.39 is 0 Å². The molecule has 7 heteroatoms. The summed E-state index contributed by atoms with van der Waals surface area (Å²) < 4.78 is 5.39. The minimum absolute atomic E-state index is 0.0657. The lowest BCUT2D eigenvalue weighted by atomic mass is 9.96. The van der Waals surface area contributed by atoms with Crippen molar-refractivity contribution in [2.24, 2.45) is 5.92 Å². The Morgan fingerprint density at radius 2 is 1.96 bits per heavy atom. The number of piperidine rings is 1. The summed E-state index contributed by atoms with van der Waals surface area (Å²) in [5.74, 6) is 0.777. The first-order chi connectivity index (χ1) is 13.0. The number of likely N-dealkylation sites (tertiary alicyclic amines) is 1. The Hall–Kier alpha value is -2.34. The predicted molar refractivity (Wildman–Crippen MR) is 102 cm³/mol. The molecule has 1 aromatic heterocycles. The Bertz CT molecular complexity index is 858. The van der Waals surface area contributed by atoms with Crippen LogP contribution in [0.1, 0.15) is 53.4 Å². The lowest BCUT2D eigenvalue weighted by Gasteiger charge is -2.32. The summed E-state index contributed by atoms with van der Waals surface area (Å²) >= 11 is 5.90. The number of nitrogens with one attached hydrogen (secondary N) is 1. The lowest BCUT2D eigenvalue weighted by molar-refractivity contribution is -0.121. The second-order valence-electron chi connectivity index (χ2n) is 7.37. The van der Waals surface area contributed by atoms with Crippen LogP contribution in [0, 0.1) is 12.8 Å². The zero-order valence-corrected chi connectivity index (χ0v) is 16.0. The van der Waals surface area contributed by atoms with E-state index in [-0.39, 0.29) is 17.7 Å². The third-order valence-electron chi connectivity index (χ3n) is 5.26.